The summed E-state index contributed by atoms with van der Waals surface area (Å²) in [7, 11) is 0. The molecule has 0 radical (unpaired) electrons. The van der Waals surface area contributed by atoms with Crippen LogP contribution in [0.4, 0.5) is 5.82 Å². The van der Waals surface area contributed by atoms with E-state index in [4.69, 9.17) is 5.73 Å². The molecule has 78 valence electrons. The van der Waals surface area contributed by atoms with Gasteiger partial charge in [-0.2, -0.15) is 5.10 Å². The molecule has 5 nitrogen and oxygen atoms in total. The highest BCUT2D eigenvalue weighted by Gasteiger charge is 2.05. The molecule has 2 heterocycles. The van der Waals surface area contributed by atoms with Gasteiger partial charge in [-0.25, -0.2) is 14.6 Å². The van der Waals surface area contributed by atoms with Gasteiger partial charge in [0.25, 0.3) is 0 Å². The van der Waals surface area contributed by atoms with Crippen LogP contribution >= 0.6 is 0 Å². The summed E-state index contributed by atoms with van der Waals surface area (Å²) in [5.74, 6) is 0.478. The summed E-state index contributed by atoms with van der Waals surface area (Å²) >= 11 is 0. The summed E-state index contributed by atoms with van der Waals surface area (Å²) in [5, 5.41) is 5.02. The Labute approximate surface area is 87.6 Å². The van der Waals surface area contributed by atoms with E-state index in [-0.39, 0.29) is 0 Å². The number of anilines is 1. The van der Waals surface area contributed by atoms with Crippen LogP contribution in [0.1, 0.15) is 13.3 Å². The molecular weight excluding hydrogens is 190 g/mol. The third kappa shape index (κ3) is 1.81. The number of nitrogens with two attached hydrogens (primary N) is 1. The first-order chi connectivity index (χ1) is 7.33. The van der Waals surface area contributed by atoms with Crippen molar-refractivity contribution in [2.24, 2.45) is 0 Å². The Hall–Kier alpha value is -1.91. The highest BCUT2D eigenvalue weighted by molar-refractivity contribution is 5.84. The van der Waals surface area contributed by atoms with Gasteiger partial charge in [0.1, 0.15) is 12.1 Å². The molecule has 2 aromatic rings. The summed E-state index contributed by atoms with van der Waals surface area (Å²) < 4.78 is 1.81. The maximum Gasteiger partial charge on any atom is 0.163 e. The Kier molecular flexibility index (Phi) is 2.62. The van der Waals surface area contributed by atoms with Crippen LogP contribution in [-0.4, -0.2) is 19.7 Å². The highest BCUT2D eigenvalue weighted by atomic mass is 15.3. The van der Waals surface area contributed by atoms with E-state index in [0.717, 1.165) is 17.5 Å². The number of hydrogen-bond acceptors (Lipinski definition) is 4. The predicted molar refractivity (Wildman–Crippen MR) is 59.2 cm³/mol. The number of rotatable bonds is 3. The lowest BCUT2D eigenvalue weighted by Crippen LogP contribution is -1.99. The lowest BCUT2D eigenvalue weighted by molar-refractivity contribution is 0.717. The van der Waals surface area contributed by atoms with E-state index >= 15 is 0 Å². The van der Waals surface area contributed by atoms with E-state index in [1.54, 1.807) is 10.9 Å². The van der Waals surface area contributed by atoms with Crippen molar-refractivity contribution in [1.29, 1.82) is 0 Å². The van der Waals surface area contributed by atoms with E-state index in [1.165, 1.54) is 6.33 Å². The van der Waals surface area contributed by atoms with Crippen LogP contribution in [0.25, 0.3) is 11.0 Å². The molecule has 0 bridgehead atoms. The molecule has 5 heteroatoms. The summed E-state index contributed by atoms with van der Waals surface area (Å²) in [4.78, 5) is 8.07. The first kappa shape index (κ1) is 9.64. The zero-order valence-electron chi connectivity index (χ0n) is 8.59. The fraction of sp³-hybridized carbons (Fsp3) is 0.300. The van der Waals surface area contributed by atoms with Gasteiger partial charge in [-0.15, -0.1) is 0 Å². The van der Waals surface area contributed by atoms with Gasteiger partial charge in [0.05, 0.1) is 18.1 Å². The van der Waals surface area contributed by atoms with Crippen molar-refractivity contribution < 1.29 is 0 Å². The molecule has 0 fully saturated rings. The number of hydrogen-bond donors (Lipinski definition) is 1. The lowest BCUT2D eigenvalue weighted by atomic mass is 10.4. The highest BCUT2D eigenvalue weighted by Crippen LogP contribution is 2.14. The third-order valence-corrected chi connectivity index (χ3v) is 2.15. The molecule has 0 saturated carbocycles. The first-order valence-electron chi connectivity index (χ1n) is 4.90. The molecule has 2 aromatic heterocycles. The summed E-state index contributed by atoms with van der Waals surface area (Å²) in [6, 6.07) is 0. The fourth-order valence-corrected chi connectivity index (χ4v) is 1.39. The van der Waals surface area contributed by atoms with Gasteiger partial charge in [0, 0.05) is 0 Å². The largest absolute Gasteiger partial charge is 0.383 e. The second-order valence-corrected chi connectivity index (χ2v) is 3.20. The van der Waals surface area contributed by atoms with Gasteiger partial charge in [-0.05, 0) is 6.42 Å². The van der Waals surface area contributed by atoms with E-state index in [0.29, 0.717) is 12.4 Å². The fourth-order valence-electron chi connectivity index (χ4n) is 1.39. The van der Waals surface area contributed by atoms with E-state index in [1.807, 2.05) is 0 Å². The molecule has 0 aliphatic carbocycles. The van der Waals surface area contributed by atoms with Gasteiger partial charge in [0.2, 0.25) is 0 Å². The minimum atomic E-state index is 0.478. The molecule has 0 atom stereocenters. The van der Waals surface area contributed by atoms with Crippen LogP contribution in [0.2, 0.25) is 0 Å². The van der Waals surface area contributed by atoms with Crippen molar-refractivity contribution in [2.75, 3.05) is 5.73 Å². The smallest absolute Gasteiger partial charge is 0.163 e. The maximum absolute atomic E-state index is 5.70. The third-order valence-electron chi connectivity index (χ3n) is 2.15. The molecule has 0 amide bonds. The van der Waals surface area contributed by atoms with Gasteiger partial charge in [0.15, 0.2) is 5.65 Å². The van der Waals surface area contributed by atoms with Gasteiger partial charge in [-0.1, -0.05) is 19.1 Å². The molecule has 0 aliphatic heterocycles. The normalized spacial score (nSPS) is 11.5. The van der Waals surface area contributed by atoms with Gasteiger partial charge < -0.3 is 5.73 Å². The molecule has 0 aliphatic rings. The van der Waals surface area contributed by atoms with Crippen LogP contribution in [0.5, 0.6) is 0 Å². The van der Waals surface area contributed by atoms with Crippen molar-refractivity contribution in [1.82, 2.24) is 19.7 Å². The van der Waals surface area contributed by atoms with Crippen molar-refractivity contribution in [2.45, 2.75) is 19.9 Å². The molecule has 0 spiro atoms. The molecule has 2 rings (SSSR count). The number of nitrogen functional groups attached to an aromatic ring is 1. The summed E-state index contributed by atoms with van der Waals surface area (Å²) in [6.07, 6.45) is 8.34. The SMILES string of the molecule is CC/C=C/Cn1ncc2c(N)ncnc21. The van der Waals surface area contributed by atoms with Crippen molar-refractivity contribution in [3.8, 4) is 0 Å². The second kappa shape index (κ2) is 4.08. The van der Waals surface area contributed by atoms with Gasteiger partial charge in [-0.3, -0.25) is 0 Å². The topological polar surface area (TPSA) is 69.6 Å². The van der Waals surface area contributed by atoms with Crippen LogP contribution in [-0.2, 0) is 6.54 Å². The zero-order valence-corrected chi connectivity index (χ0v) is 8.59. The van der Waals surface area contributed by atoms with Crippen molar-refractivity contribution in [3.05, 3.63) is 24.7 Å². The van der Waals surface area contributed by atoms with E-state index in [9.17, 15) is 0 Å². The van der Waals surface area contributed by atoms with Crippen LogP contribution in [0, 0.1) is 0 Å². The average Bonchev–Trinajstić information content (AvgIpc) is 2.64. The van der Waals surface area contributed by atoms with Crippen LogP contribution < -0.4 is 5.73 Å². The lowest BCUT2D eigenvalue weighted by Gasteiger charge is -1.98. The van der Waals surface area contributed by atoms with Crippen molar-refractivity contribution in [3.63, 3.8) is 0 Å². The minimum absolute atomic E-state index is 0.478. The number of allylic oxidation sites excluding steroid dienone is 2. The predicted octanol–water partition coefficient (Wildman–Crippen LogP) is 1.37. The Balaban J connectivity index is 2.37. The molecule has 0 unspecified atom stereocenters. The molecule has 0 saturated heterocycles. The molecular formula is C10H13N5. The number of nitrogens with zero attached hydrogens (tertiary/aromatic N) is 4. The van der Waals surface area contributed by atoms with E-state index < -0.39 is 0 Å². The van der Waals surface area contributed by atoms with E-state index in [2.05, 4.69) is 34.1 Å². The molecule has 15 heavy (non-hydrogen) atoms. The standard InChI is InChI=1S/C10H13N5/c1-2-3-4-5-15-10-8(6-14-15)9(11)12-7-13-10/h3-4,6-7H,2,5H2,1H3,(H2,11,12,13)/b4-3+. The monoisotopic (exact) mass is 203 g/mol. The number of aromatic nitrogens is 4. The average molecular weight is 203 g/mol. The quantitative estimate of drug-likeness (QED) is 0.765. The molecule has 2 N–H and O–H groups in total. The maximum atomic E-state index is 5.70. The molecule has 0 aromatic carbocycles. The van der Waals surface area contributed by atoms with Crippen molar-refractivity contribution >= 4 is 16.9 Å². The Morgan fingerprint density at radius 2 is 2.27 bits per heavy atom. The first-order valence-corrected chi connectivity index (χ1v) is 4.90. The van der Waals surface area contributed by atoms with Gasteiger partial charge >= 0.3 is 0 Å². The number of fused-ring (bicyclic) bond motifs is 1. The minimum Gasteiger partial charge on any atom is -0.383 e. The van der Waals surface area contributed by atoms with Crippen LogP contribution in [0.15, 0.2) is 24.7 Å². The second-order valence-electron chi connectivity index (χ2n) is 3.20. The zero-order chi connectivity index (χ0) is 10.7. The summed E-state index contributed by atoms with van der Waals surface area (Å²) in [5.41, 5.74) is 6.48. The Bertz CT molecular complexity index is 486. The van der Waals surface area contributed by atoms with Crippen LogP contribution in [0.3, 0.4) is 0 Å². The Morgan fingerprint density at radius 3 is 3.07 bits per heavy atom. The summed E-state index contributed by atoms with van der Waals surface area (Å²) in [6.45, 7) is 2.81. The Morgan fingerprint density at radius 1 is 1.40 bits per heavy atom.